The summed E-state index contributed by atoms with van der Waals surface area (Å²) < 4.78 is 0. The number of aliphatic hydroxyl groups is 1. The van der Waals surface area contributed by atoms with Gasteiger partial charge in [-0.3, -0.25) is 4.79 Å². The van der Waals surface area contributed by atoms with Crippen molar-refractivity contribution in [2.45, 2.75) is 57.5 Å². The molecular weight excluding hydrogens is 224 g/mol. The number of Topliss-reactive ketones (excluding diaryl/α,β-unsaturated/α-hetero) is 1. The maximum atomic E-state index is 12.4. The van der Waals surface area contributed by atoms with Gasteiger partial charge in [0.1, 0.15) is 5.60 Å². The Hall–Kier alpha value is -1.15. The molecule has 2 nitrogen and oxygen atoms in total. The molecule has 1 saturated carbocycles. The lowest BCUT2D eigenvalue weighted by atomic mass is 9.78. The summed E-state index contributed by atoms with van der Waals surface area (Å²) in [6, 6.07) is 7.83. The summed E-state index contributed by atoms with van der Waals surface area (Å²) in [7, 11) is 0. The smallest absolute Gasteiger partial charge is 0.194 e. The van der Waals surface area contributed by atoms with Crippen LogP contribution in [0, 0.1) is 0 Å². The molecule has 98 valence electrons. The van der Waals surface area contributed by atoms with Crippen molar-refractivity contribution in [3.8, 4) is 0 Å². The standard InChI is InChI=1S/C16H22O2/c1-3-16(18,4-2)15(17)14-10-6-9-13(11-14)12-7-5-8-12/h6,9-12,18H,3-5,7-8H2,1-2H3. The van der Waals surface area contributed by atoms with Crippen LogP contribution in [-0.2, 0) is 0 Å². The molecule has 2 heteroatoms. The van der Waals surface area contributed by atoms with Gasteiger partial charge in [-0.25, -0.2) is 0 Å². The summed E-state index contributed by atoms with van der Waals surface area (Å²) in [4.78, 5) is 12.4. The van der Waals surface area contributed by atoms with E-state index in [1.54, 1.807) is 0 Å². The Morgan fingerprint density at radius 3 is 2.50 bits per heavy atom. The zero-order chi connectivity index (χ0) is 13.2. The highest BCUT2D eigenvalue weighted by Crippen LogP contribution is 2.36. The Balaban J connectivity index is 2.24. The predicted octanol–water partition coefficient (Wildman–Crippen LogP) is 3.69. The minimum Gasteiger partial charge on any atom is -0.382 e. The summed E-state index contributed by atoms with van der Waals surface area (Å²) in [5, 5.41) is 10.3. The summed E-state index contributed by atoms with van der Waals surface area (Å²) in [5.41, 5.74) is 0.713. The van der Waals surface area contributed by atoms with E-state index in [4.69, 9.17) is 0 Å². The van der Waals surface area contributed by atoms with Crippen LogP contribution in [0.25, 0.3) is 0 Å². The van der Waals surface area contributed by atoms with E-state index in [0.717, 1.165) is 0 Å². The van der Waals surface area contributed by atoms with Gasteiger partial charge in [0.05, 0.1) is 0 Å². The van der Waals surface area contributed by atoms with Crippen LogP contribution in [0.3, 0.4) is 0 Å². The van der Waals surface area contributed by atoms with Gasteiger partial charge in [-0.2, -0.15) is 0 Å². The summed E-state index contributed by atoms with van der Waals surface area (Å²) in [5.74, 6) is 0.489. The Morgan fingerprint density at radius 2 is 2.00 bits per heavy atom. The Kier molecular flexibility index (Phi) is 3.86. The van der Waals surface area contributed by atoms with E-state index < -0.39 is 5.60 Å². The SMILES string of the molecule is CCC(O)(CC)C(=O)c1cccc(C2CCC2)c1. The number of rotatable bonds is 5. The third-order valence-electron chi connectivity index (χ3n) is 4.32. The van der Waals surface area contributed by atoms with E-state index in [2.05, 4.69) is 6.07 Å². The van der Waals surface area contributed by atoms with E-state index >= 15 is 0 Å². The second kappa shape index (κ2) is 5.23. The molecule has 0 aromatic heterocycles. The van der Waals surface area contributed by atoms with Gasteiger partial charge in [-0.15, -0.1) is 0 Å². The lowest BCUT2D eigenvalue weighted by Crippen LogP contribution is -2.37. The number of ketones is 1. The van der Waals surface area contributed by atoms with E-state index in [0.29, 0.717) is 24.3 Å². The van der Waals surface area contributed by atoms with Gasteiger partial charge in [0.25, 0.3) is 0 Å². The number of hydrogen-bond acceptors (Lipinski definition) is 2. The highest BCUT2D eigenvalue weighted by atomic mass is 16.3. The highest BCUT2D eigenvalue weighted by molar-refractivity contribution is 6.02. The molecule has 1 aliphatic rings. The highest BCUT2D eigenvalue weighted by Gasteiger charge is 2.33. The first kappa shape index (κ1) is 13.3. The van der Waals surface area contributed by atoms with Crippen molar-refractivity contribution in [1.29, 1.82) is 0 Å². The molecular formula is C16H22O2. The summed E-state index contributed by atoms with van der Waals surface area (Å²) in [6.07, 6.45) is 4.68. The molecule has 0 bridgehead atoms. The van der Waals surface area contributed by atoms with Crippen molar-refractivity contribution in [1.82, 2.24) is 0 Å². The fraction of sp³-hybridized carbons (Fsp3) is 0.562. The molecule has 0 spiro atoms. The molecule has 1 aromatic rings. The zero-order valence-corrected chi connectivity index (χ0v) is 11.3. The van der Waals surface area contributed by atoms with Crippen molar-refractivity contribution >= 4 is 5.78 Å². The van der Waals surface area contributed by atoms with E-state index in [1.807, 2.05) is 32.0 Å². The van der Waals surface area contributed by atoms with Crippen LogP contribution in [0.4, 0.5) is 0 Å². The maximum absolute atomic E-state index is 12.4. The van der Waals surface area contributed by atoms with Gasteiger partial charge in [0.15, 0.2) is 5.78 Å². The number of carbonyl (C=O) groups excluding carboxylic acids is 1. The molecule has 1 N–H and O–H groups in total. The summed E-state index contributed by atoms with van der Waals surface area (Å²) in [6.45, 7) is 3.72. The van der Waals surface area contributed by atoms with Gasteiger partial charge in [-0.1, -0.05) is 38.5 Å². The fourth-order valence-corrected chi connectivity index (χ4v) is 2.52. The number of benzene rings is 1. The molecule has 0 amide bonds. The average molecular weight is 246 g/mol. The first-order valence-electron chi connectivity index (χ1n) is 6.98. The normalized spacial score (nSPS) is 16.4. The molecule has 0 heterocycles. The molecule has 2 rings (SSSR count). The third-order valence-corrected chi connectivity index (χ3v) is 4.32. The lowest BCUT2D eigenvalue weighted by molar-refractivity contribution is 0.0277. The monoisotopic (exact) mass is 246 g/mol. The van der Waals surface area contributed by atoms with Crippen LogP contribution in [0.1, 0.15) is 67.8 Å². The maximum Gasteiger partial charge on any atom is 0.194 e. The van der Waals surface area contributed by atoms with Crippen molar-refractivity contribution in [3.05, 3.63) is 35.4 Å². The largest absolute Gasteiger partial charge is 0.382 e. The van der Waals surface area contributed by atoms with Crippen molar-refractivity contribution in [2.75, 3.05) is 0 Å². The van der Waals surface area contributed by atoms with Crippen LogP contribution < -0.4 is 0 Å². The van der Waals surface area contributed by atoms with Gasteiger partial charge in [-0.05, 0) is 43.2 Å². The zero-order valence-electron chi connectivity index (χ0n) is 11.3. The Morgan fingerprint density at radius 1 is 1.33 bits per heavy atom. The van der Waals surface area contributed by atoms with Crippen LogP contribution in [0.5, 0.6) is 0 Å². The molecule has 0 saturated heterocycles. The molecule has 18 heavy (non-hydrogen) atoms. The number of hydrogen-bond donors (Lipinski definition) is 1. The Bertz CT molecular complexity index is 428. The fourth-order valence-electron chi connectivity index (χ4n) is 2.52. The molecule has 1 fully saturated rings. The first-order valence-corrected chi connectivity index (χ1v) is 6.98. The van der Waals surface area contributed by atoms with Gasteiger partial charge in [0.2, 0.25) is 0 Å². The molecule has 1 aliphatic carbocycles. The quantitative estimate of drug-likeness (QED) is 0.804. The second-order valence-corrected chi connectivity index (χ2v) is 5.32. The lowest BCUT2D eigenvalue weighted by Gasteiger charge is -2.27. The van der Waals surface area contributed by atoms with E-state index in [1.165, 1.54) is 24.8 Å². The van der Waals surface area contributed by atoms with Crippen LogP contribution >= 0.6 is 0 Å². The van der Waals surface area contributed by atoms with Crippen LogP contribution in [0.2, 0.25) is 0 Å². The van der Waals surface area contributed by atoms with Crippen LogP contribution in [0.15, 0.2) is 24.3 Å². The van der Waals surface area contributed by atoms with Crippen molar-refractivity contribution < 1.29 is 9.90 Å². The molecule has 0 unspecified atom stereocenters. The minimum absolute atomic E-state index is 0.131. The van der Waals surface area contributed by atoms with E-state index in [-0.39, 0.29) is 5.78 Å². The minimum atomic E-state index is -1.20. The predicted molar refractivity (Wildman–Crippen MR) is 72.9 cm³/mol. The van der Waals surface area contributed by atoms with Gasteiger partial charge < -0.3 is 5.11 Å². The Labute approximate surface area is 109 Å². The van der Waals surface area contributed by atoms with Crippen molar-refractivity contribution in [3.63, 3.8) is 0 Å². The second-order valence-electron chi connectivity index (χ2n) is 5.32. The average Bonchev–Trinajstić information content (AvgIpc) is 2.35. The van der Waals surface area contributed by atoms with Crippen molar-refractivity contribution in [2.24, 2.45) is 0 Å². The van der Waals surface area contributed by atoms with Gasteiger partial charge >= 0.3 is 0 Å². The molecule has 0 atom stereocenters. The molecule has 1 aromatic carbocycles. The number of carbonyl (C=O) groups is 1. The van der Waals surface area contributed by atoms with E-state index in [9.17, 15) is 9.90 Å². The van der Waals surface area contributed by atoms with Crippen LogP contribution in [-0.4, -0.2) is 16.5 Å². The topological polar surface area (TPSA) is 37.3 Å². The molecule has 0 radical (unpaired) electrons. The van der Waals surface area contributed by atoms with Gasteiger partial charge in [0, 0.05) is 5.56 Å². The third kappa shape index (κ3) is 2.35. The first-order chi connectivity index (χ1) is 8.60. The molecule has 0 aliphatic heterocycles. The summed E-state index contributed by atoms with van der Waals surface area (Å²) >= 11 is 0.